The highest BCUT2D eigenvalue weighted by Gasteiger charge is 2.27. The van der Waals surface area contributed by atoms with E-state index in [1.54, 1.807) is 16.4 Å². The third-order valence-corrected chi connectivity index (χ3v) is 5.94. The molecule has 0 N–H and O–H groups in total. The Morgan fingerprint density at radius 3 is 2.29 bits per heavy atom. The van der Waals surface area contributed by atoms with Gasteiger partial charge in [-0.1, -0.05) is 32.4 Å². The summed E-state index contributed by atoms with van der Waals surface area (Å²) in [5.74, 6) is 0.543. The summed E-state index contributed by atoms with van der Waals surface area (Å²) in [5.41, 5.74) is 1.06. The molecule has 1 rings (SSSR count). The van der Waals surface area contributed by atoms with Crippen LogP contribution in [0.2, 0.25) is 0 Å². The van der Waals surface area contributed by atoms with Crippen molar-refractivity contribution in [1.29, 1.82) is 0 Å². The van der Waals surface area contributed by atoms with Gasteiger partial charge in [0.15, 0.2) is 0 Å². The second kappa shape index (κ2) is 8.76. The minimum absolute atomic E-state index is 0.0177. The summed E-state index contributed by atoms with van der Waals surface area (Å²) in [7, 11) is -3.42. The van der Waals surface area contributed by atoms with Gasteiger partial charge in [0, 0.05) is 18.5 Å². The van der Waals surface area contributed by atoms with Crippen molar-refractivity contribution >= 4 is 21.6 Å². The van der Waals surface area contributed by atoms with E-state index >= 15 is 0 Å². The van der Waals surface area contributed by atoms with E-state index in [9.17, 15) is 8.42 Å². The number of hydrogen-bond acceptors (Lipinski definition) is 2. The van der Waals surface area contributed by atoms with Crippen molar-refractivity contribution in [2.24, 2.45) is 0 Å². The summed E-state index contributed by atoms with van der Waals surface area (Å²) in [6.45, 7) is 6.64. The van der Waals surface area contributed by atoms with Crippen molar-refractivity contribution in [1.82, 2.24) is 4.31 Å². The Kier molecular flexibility index (Phi) is 7.71. The van der Waals surface area contributed by atoms with Crippen LogP contribution in [0, 0.1) is 0 Å². The van der Waals surface area contributed by atoms with E-state index in [1.807, 2.05) is 26.0 Å². The van der Waals surface area contributed by atoms with Gasteiger partial charge >= 0.3 is 0 Å². The lowest BCUT2D eigenvalue weighted by molar-refractivity contribution is 0.324. The zero-order valence-corrected chi connectivity index (χ0v) is 14.8. The van der Waals surface area contributed by atoms with Gasteiger partial charge in [0.1, 0.15) is 0 Å². The summed E-state index contributed by atoms with van der Waals surface area (Å²) < 4.78 is 27.2. The lowest BCUT2D eigenvalue weighted by Gasteiger charge is -2.27. The average Bonchev–Trinajstić information content (AvgIpc) is 2.48. The minimum Gasteiger partial charge on any atom is -0.207 e. The van der Waals surface area contributed by atoms with E-state index in [-0.39, 0.29) is 6.04 Å². The molecule has 0 amide bonds. The molecule has 21 heavy (non-hydrogen) atoms. The Hall–Kier alpha value is -0.580. The van der Waals surface area contributed by atoms with E-state index in [4.69, 9.17) is 11.6 Å². The van der Waals surface area contributed by atoms with Gasteiger partial charge < -0.3 is 0 Å². The first-order valence-corrected chi connectivity index (χ1v) is 9.61. The maximum absolute atomic E-state index is 12.8. The second-order valence-electron chi connectivity index (χ2n) is 5.31. The van der Waals surface area contributed by atoms with Crippen molar-refractivity contribution < 1.29 is 8.42 Å². The molecule has 0 saturated carbocycles. The number of benzene rings is 1. The van der Waals surface area contributed by atoms with Crippen LogP contribution in [0.1, 0.15) is 45.6 Å². The first kappa shape index (κ1) is 18.5. The molecule has 1 unspecified atom stereocenters. The SMILES string of the molecule is CCCCN(C(C)CC)S(=O)(=O)c1ccc(CCCl)cc1. The number of hydrogen-bond donors (Lipinski definition) is 0. The highest BCUT2D eigenvalue weighted by Crippen LogP contribution is 2.21. The molecule has 0 aliphatic rings. The van der Waals surface area contributed by atoms with Crippen LogP contribution in [-0.4, -0.2) is 31.2 Å². The third-order valence-electron chi connectivity index (χ3n) is 3.73. The third kappa shape index (κ3) is 4.97. The van der Waals surface area contributed by atoms with Gasteiger partial charge in [0.2, 0.25) is 10.0 Å². The molecule has 120 valence electrons. The molecule has 0 fully saturated rings. The summed E-state index contributed by atoms with van der Waals surface area (Å²) in [4.78, 5) is 0.372. The summed E-state index contributed by atoms with van der Waals surface area (Å²) in [6, 6.07) is 7.11. The smallest absolute Gasteiger partial charge is 0.207 e. The van der Waals surface area contributed by atoms with Crippen molar-refractivity contribution in [3.8, 4) is 0 Å². The van der Waals surface area contributed by atoms with Gasteiger partial charge in [-0.25, -0.2) is 8.42 Å². The molecule has 5 heteroatoms. The van der Waals surface area contributed by atoms with Crippen LogP contribution in [0.15, 0.2) is 29.2 Å². The topological polar surface area (TPSA) is 37.4 Å². The van der Waals surface area contributed by atoms with Crippen LogP contribution >= 0.6 is 11.6 Å². The quantitative estimate of drug-likeness (QED) is 0.640. The number of unbranched alkanes of at least 4 members (excludes halogenated alkanes) is 1. The molecule has 0 radical (unpaired) electrons. The van der Waals surface area contributed by atoms with Crippen LogP contribution in [0.5, 0.6) is 0 Å². The average molecular weight is 332 g/mol. The molecule has 1 atom stereocenters. The molecule has 1 aromatic carbocycles. The Labute approximate surface area is 134 Å². The molecule has 0 heterocycles. The summed E-state index contributed by atoms with van der Waals surface area (Å²) in [6.07, 6.45) is 3.44. The number of alkyl halides is 1. The van der Waals surface area contributed by atoms with Gasteiger partial charge in [-0.2, -0.15) is 4.31 Å². The molecule has 0 bridgehead atoms. The highest BCUT2D eigenvalue weighted by molar-refractivity contribution is 7.89. The lowest BCUT2D eigenvalue weighted by Crippen LogP contribution is -2.39. The van der Waals surface area contributed by atoms with Crippen molar-refractivity contribution in [2.45, 2.75) is 57.4 Å². The summed E-state index contributed by atoms with van der Waals surface area (Å²) >= 11 is 5.71. The van der Waals surface area contributed by atoms with E-state index < -0.39 is 10.0 Å². The Morgan fingerprint density at radius 2 is 1.81 bits per heavy atom. The molecule has 0 aliphatic carbocycles. The highest BCUT2D eigenvalue weighted by atomic mass is 35.5. The van der Waals surface area contributed by atoms with Gasteiger partial charge in [-0.05, 0) is 43.9 Å². The monoisotopic (exact) mass is 331 g/mol. The van der Waals surface area contributed by atoms with Gasteiger partial charge in [0.05, 0.1) is 4.90 Å². The molecule has 1 aromatic rings. The molecular formula is C16H26ClNO2S. The Morgan fingerprint density at radius 1 is 1.19 bits per heavy atom. The van der Waals surface area contributed by atoms with Crippen molar-refractivity contribution in [3.05, 3.63) is 29.8 Å². The van der Waals surface area contributed by atoms with Crippen LogP contribution in [0.3, 0.4) is 0 Å². The Bertz CT molecular complexity index is 514. The normalized spacial score (nSPS) is 13.6. The van der Waals surface area contributed by atoms with Crippen LogP contribution in [0.25, 0.3) is 0 Å². The number of nitrogens with zero attached hydrogens (tertiary/aromatic N) is 1. The Balaban J connectivity index is 3.03. The van der Waals surface area contributed by atoms with Gasteiger partial charge in [0.25, 0.3) is 0 Å². The van der Waals surface area contributed by atoms with Gasteiger partial charge in [-0.3, -0.25) is 0 Å². The standard InChI is InChI=1S/C16H26ClNO2S/c1-4-6-13-18(14(3)5-2)21(19,20)16-9-7-15(8-10-16)11-12-17/h7-10,14H,4-6,11-13H2,1-3H3. The van der Waals surface area contributed by atoms with Crippen LogP contribution < -0.4 is 0 Å². The molecule has 0 saturated heterocycles. The molecule has 0 aromatic heterocycles. The van der Waals surface area contributed by atoms with E-state index in [0.29, 0.717) is 17.3 Å². The molecule has 0 spiro atoms. The van der Waals surface area contributed by atoms with Crippen LogP contribution in [0.4, 0.5) is 0 Å². The summed E-state index contributed by atoms with van der Waals surface area (Å²) in [5, 5.41) is 0. The van der Waals surface area contributed by atoms with E-state index in [0.717, 1.165) is 31.2 Å². The zero-order chi connectivity index (χ0) is 15.9. The van der Waals surface area contributed by atoms with Crippen LogP contribution in [-0.2, 0) is 16.4 Å². The largest absolute Gasteiger partial charge is 0.243 e. The fourth-order valence-corrected chi connectivity index (χ4v) is 4.13. The minimum atomic E-state index is -3.42. The fourth-order valence-electron chi connectivity index (χ4n) is 2.17. The maximum Gasteiger partial charge on any atom is 0.243 e. The van der Waals surface area contributed by atoms with Gasteiger partial charge in [-0.15, -0.1) is 11.6 Å². The van der Waals surface area contributed by atoms with E-state index in [2.05, 4.69) is 6.92 Å². The number of halogens is 1. The molecular weight excluding hydrogens is 306 g/mol. The lowest BCUT2D eigenvalue weighted by atomic mass is 10.2. The number of sulfonamides is 1. The predicted molar refractivity (Wildman–Crippen MR) is 89.4 cm³/mol. The molecule has 3 nitrogen and oxygen atoms in total. The molecule has 0 aliphatic heterocycles. The first-order valence-electron chi connectivity index (χ1n) is 7.64. The van der Waals surface area contributed by atoms with Crippen molar-refractivity contribution in [2.75, 3.05) is 12.4 Å². The van der Waals surface area contributed by atoms with Crippen molar-refractivity contribution in [3.63, 3.8) is 0 Å². The number of rotatable bonds is 9. The zero-order valence-electron chi connectivity index (χ0n) is 13.2. The first-order chi connectivity index (χ1) is 9.97. The predicted octanol–water partition coefficient (Wildman–Crippen LogP) is 4.06. The maximum atomic E-state index is 12.8. The fraction of sp³-hybridized carbons (Fsp3) is 0.625. The second-order valence-corrected chi connectivity index (χ2v) is 7.58. The number of aryl methyl sites for hydroxylation is 1. The van der Waals surface area contributed by atoms with E-state index in [1.165, 1.54) is 0 Å².